The van der Waals surface area contributed by atoms with Gasteiger partial charge >= 0.3 is 0 Å². The quantitative estimate of drug-likeness (QED) is 0.364. The summed E-state index contributed by atoms with van der Waals surface area (Å²) < 4.78 is 10.7. The van der Waals surface area contributed by atoms with Crippen LogP contribution in [0.25, 0.3) is 6.08 Å². The zero-order chi connectivity index (χ0) is 20.8. The Hall–Kier alpha value is -3.91. The average Bonchev–Trinajstić information content (AvgIpc) is 3.45. The molecule has 0 spiro atoms. The Bertz CT molecular complexity index is 1110. The van der Waals surface area contributed by atoms with Crippen LogP contribution in [0.2, 0.25) is 0 Å². The molecule has 0 unspecified atom stereocenters. The van der Waals surface area contributed by atoms with Crippen molar-refractivity contribution in [3.8, 4) is 11.5 Å². The monoisotopic (exact) mass is 419 g/mol. The molecule has 7 nitrogen and oxygen atoms in total. The van der Waals surface area contributed by atoms with Gasteiger partial charge in [0.15, 0.2) is 11.5 Å². The molecule has 2 heterocycles. The first-order valence-corrected chi connectivity index (χ1v) is 9.92. The van der Waals surface area contributed by atoms with E-state index < -0.39 is 11.8 Å². The lowest BCUT2D eigenvalue weighted by atomic mass is 10.1. The van der Waals surface area contributed by atoms with Crippen LogP contribution in [0.3, 0.4) is 0 Å². The number of fused-ring (bicyclic) bond motifs is 1. The first kappa shape index (κ1) is 19.4. The Morgan fingerprint density at radius 1 is 1.00 bits per heavy atom. The van der Waals surface area contributed by atoms with Crippen LogP contribution in [-0.2, 0) is 4.79 Å². The van der Waals surface area contributed by atoms with Gasteiger partial charge in [-0.05, 0) is 47.4 Å². The van der Waals surface area contributed by atoms with Gasteiger partial charge in [0.05, 0.1) is 6.21 Å². The van der Waals surface area contributed by atoms with E-state index in [1.54, 1.807) is 54.8 Å². The second-order valence-corrected chi connectivity index (χ2v) is 7.18. The van der Waals surface area contributed by atoms with E-state index in [4.69, 9.17) is 9.47 Å². The van der Waals surface area contributed by atoms with Gasteiger partial charge in [-0.25, -0.2) is 5.43 Å². The fraction of sp³-hybridized carbons (Fsp3) is 0.0455. The molecular weight excluding hydrogens is 402 g/mol. The van der Waals surface area contributed by atoms with Crippen molar-refractivity contribution in [1.82, 2.24) is 10.7 Å². The van der Waals surface area contributed by atoms with E-state index in [0.717, 1.165) is 4.88 Å². The molecule has 0 atom stereocenters. The Balaban J connectivity index is 1.56. The Labute approximate surface area is 176 Å². The van der Waals surface area contributed by atoms with Crippen LogP contribution >= 0.6 is 11.3 Å². The number of benzene rings is 2. The number of nitrogens with one attached hydrogen (secondary N) is 2. The summed E-state index contributed by atoms with van der Waals surface area (Å²) in [5, 5.41) is 8.53. The number of ether oxygens (including phenoxy) is 2. The summed E-state index contributed by atoms with van der Waals surface area (Å²) >= 11 is 1.49. The van der Waals surface area contributed by atoms with Crippen LogP contribution in [0.15, 0.2) is 76.8 Å². The molecule has 0 fully saturated rings. The van der Waals surface area contributed by atoms with Gasteiger partial charge in [0.1, 0.15) is 5.70 Å². The highest BCUT2D eigenvalue weighted by Crippen LogP contribution is 2.33. The number of nitrogens with zero attached hydrogens (tertiary/aromatic N) is 1. The van der Waals surface area contributed by atoms with Gasteiger partial charge in [-0.2, -0.15) is 5.10 Å². The van der Waals surface area contributed by atoms with E-state index in [2.05, 4.69) is 15.8 Å². The lowest BCUT2D eigenvalue weighted by Crippen LogP contribution is -2.32. The van der Waals surface area contributed by atoms with E-state index in [9.17, 15) is 9.59 Å². The summed E-state index contributed by atoms with van der Waals surface area (Å²) in [4.78, 5) is 26.2. The van der Waals surface area contributed by atoms with Crippen molar-refractivity contribution in [2.45, 2.75) is 0 Å². The van der Waals surface area contributed by atoms with Crippen molar-refractivity contribution in [2.24, 2.45) is 5.10 Å². The molecule has 0 saturated carbocycles. The molecule has 1 aliphatic rings. The van der Waals surface area contributed by atoms with E-state index in [0.29, 0.717) is 22.6 Å². The van der Waals surface area contributed by atoms with Gasteiger partial charge in [0.25, 0.3) is 11.8 Å². The minimum atomic E-state index is -0.551. The maximum atomic E-state index is 12.7. The van der Waals surface area contributed by atoms with E-state index in [-0.39, 0.29) is 12.5 Å². The third-order valence-corrected chi connectivity index (χ3v) is 4.94. The molecule has 2 amide bonds. The number of hydrogen-bond acceptors (Lipinski definition) is 6. The van der Waals surface area contributed by atoms with E-state index >= 15 is 0 Å². The summed E-state index contributed by atoms with van der Waals surface area (Å²) in [6.07, 6.45) is 3.10. The Morgan fingerprint density at radius 2 is 1.83 bits per heavy atom. The summed E-state index contributed by atoms with van der Waals surface area (Å²) in [6.45, 7) is 0.151. The maximum Gasteiger partial charge on any atom is 0.287 e. The molecule has 8 heteroatoms. The summed E-state index contributed by atoms with van der Waals surface area (Å²) in [7, 11) is 0. The predicted molar refractivity (Wildman–Crippen MR) is 115 cm³/mol. The number of thiophene rings is 1. The van der Waals surface area contributed by atoms with Crippen molar-refractivity contribution in [1.29, 1.82) is 0 Å². The first-order valence-electron chi connectivity index (χ1n) is 9.04. The lowest BCUT2D eigenvalue weighted by molar-refractivity contribution is -0.117. The number of amides is 2. The molecule has 0 aliphatic carbocycles. The van der Waals surface area contributed by atoms with Gasteiger partial charge in [0, 0.05) is 10.4 Å². The van der Waals surface area contributed by atoms with Crippen LogP contribution in [0.5, 0.6) is 11.5 Å². The number of hydrazone groups is 1. The third-order valence-electron chi connectivity index (χ3n) is 4.14. The smallest absolute Gasteiger partial charge is 0.287 e. The van der Waals surface area contributed by atoms with Crippen molar-refractivity contribution in [2.75, 3.05) is 6.79 Å². The molecule has 2 N–H and O–H groups in total. The summed E-state index contributed by atoms with van der Waals surface area (Å²) in [5.74, 6) is 0.255. The molecule has 0 saturated heterocycles. The maximum absolute atomic E-state index is 12.7. The van der Waals surface area contributed by atoms with Gasteiger partial charge in [0.2, 0.25) is 6.79 Å². The van der Waals surface area contributed by atoms with Crippen LogP contribution in [0.1, 0.15) is 20.8 Å². The molecular formula is C22H17N3O4S. The van der Waals surface area contributed by atoms with E-state index in [1.807, 2.05) is 23.6 Å². The second kappa shape index (κ2) is 9.06. The van der Waals surface area contributed by atoms with Crippen LogP contribution in [-0.4, -0.2) is 24.8 Å². The highest BCUT2D eigenvalue weighted by molar-refractivity contribution is 7.11. The fourth-order valence-corrected chi connectivity index (χ4v) is 3.28. The molecule has 0 radical (unpaired) electrons. The molecule has 1 aliphatic heterocycles. The van der Waals surface area contributed by atoms with Crippen molar-refractivity contribution >= 4 is 35.4 Å². The highest BCUT2D eigenvalue weighted by Gasteiger charge is 2.16. The van der Waals surface area contributed by atoms with Gasteiger partial charge in [-0.3, -0.25) is 9.59 Å². The topological polar surface area (TPSA) is 89.0 Å². The molecule has 1 aromatic heterocycles. The van der Waals surface area contributed by atoms with Gasteiger partial charge in [-0.15, -0.1) is 11.3 Å². The zero-order valence-corrected chi connectivity index (χ0v) is 16.5. The Kier molecular flexibility index (Phi) is 5.86. The molecule has 2 aromatic carbocycles. The second-order valence-electron chi connectivity index (χ2n) is 6.21. The molecule has 0 bridgehead atoms. The lowest BCUT2D eigenvalue weighted by Gasteiger charge is -2.09. The largest absolute Gasteiger partial charge is 0.454 e. The van der Waals surface area contributed by atoms with Crippen LogP contribution < -0.4 is 20.2 Å². The van der Waals surface area contributed by atoms with Crippen molar-refractivity contribution in [3.05, 3.63) is 87.7 Å². The summed E-state index contributed by atoms with van der Waals surface area (Å²) in [5.41, 5.74) is 3.60. The van der Waals surface area contributed by atoms with E-state index in [1.165, 1.54) is 11.3 Å². The van der Waals surface area contributed by atoms with Crippen LogP contribution in [0.4, 0.5) is 0 Å². The third kappa shape index (κ3) is 4.73. The fourth-order valence-electron chi connectivity index (χ4n) is 2.69. The number of carbonyl (C=O) groups excluding carboxylic acids is 2. The number of carbonyl (C=O) groups is 2. The highest BCUT2D eigenvalue weighted by atomic mass is 32.1. The number of hydrogen-bond donors (Lipinski definition) is 2. The standard InChI is InChI=1S/C22H17N3O4S/c26-21(16-5-2-1-3-6-16)24-18(22(27)25-23-13-17-7-4-10-30-17)11-15-8-9-19-20(12-15)29-14-28-19/h1-13H,14H2,(H,24,26)(H,25,27). The van der Waals surface area contributed by atoms with Gasteiger partial charge in [-0.1, -0.05) is 30.3 Å². The minimum Gasteiger partial charge on any atom is -0.454 e. The average molecular weight is 419 g/mol. The Morgan fingerprint density at radius 3 is 2.63 bits per heavy atom. The molecule has 3 aromatic rings. The van der Waals surface area contributed by atoms with Crippen molar-refractivity contribution in [3.63, 3.8) is 0 Å². The predicted octanol–water partition coefficient (Wildman–Crippen LogP) is 3.40. The van der Waals surface area contributed by atoms with Crippen LogP contribution in [0, 0.1) is 0 Å². The normalized spacial score (nSPS) is 12.7. The first-order chi connectivity index (χ1) is 14.7. The van der Waals surface area contributed by atoms with Gasteiger partial charge < -0.3 is 14.8 Å². The molecule has 150 valence electrons. The zero-order valence-electron chi connectivity index (χ0n) is 15.7. The SMILES string of the molecule is O=C(NN=Cc1cccs1)C(=Cc1ccc2c(c1)OCO2)NC(=O)c1ccccc1. The van der Waals surface area contributed by atoms with Crippen molar-refractivity contribution < 1.29 is 19.1 Å². The number of rotatable bonds is 6. The molecule has 4 rings (SSSR count). The minimum absolute atomic E-state index is 0.0473. The molecule has 30 heavy (non-hydrogen) atoms. The summed E-state index contributed by atoms with van der Waals surface area (Å²) in [6, 6.07) is 17.7.